The lowest BCUT2D eigenvalue weighted by molar-refractivity contribution is 0.221. The first kappa shape index (κ1) is 20.4. The van der Waals surface area contributed by atoms with E-state index in [0.29, 0.717) is 0 Å². The summed E-state index contributed by atoms with van der Waals surface area (Å²) in [7, 11) is 0. The molecule has 1 aromatic heterocycles. The average molecular weight is 393 g/mol. The van der Waals surface area contributed by atoms with Crippen molar-refractivity contribution >= 4 is 5.82 Å². The van der Waals surface area contributed by atoms with Crippen LogP contribution in [0.1, 0.15) is 44.6 Å². The number of piperidine rings is 1. The zero-order chi connectivity index (χ0) is 19.9. The van der Waals surface area contributed by atoms with E-state index in [-0.39, 0.29) is 0 Å². The Labute approximate surface area is 176 Å². The Bertz CT molecular complexity index is 726. The maximum Gasteiger partial charge on any atom is 0.128 e. The second-order valence-corrected chi connectivity index (χ2v) is 8.62. The summed E-state index contributed by atoms with van der Waals surface area (Å²) in [5.41, 5.74) is 3.89. The van der Waals surface area contributed by atoms with Crippen molar-refractivity contribution in [2.75, 3.05) is 50.7 Å². The highest BCUT2D eigenvalue weighted by Crippen LogP contribution is 2.23. The Hall–Kier alpha value is -1.91. The summed E-state index contributed by atoms with van der Waals surface area (Å²) in [5, 5.41) is 0. The standard InChI is InChI=1S/C25H36N4/c1-2-3-13-27-16-18-29(19-17-27)25-12-11-24(20-26-25)23-9-7-22(8-10-23)21-28-14-5-4-6-15-28/h7-12,20H,2-6,13-19,21H2,1H3. The summed E-state index contributed by atoms with van der Waals surface area (Å²) in [5.74, 6) is 1.12. The number of rotatable bonds is 7. The van der Waals surface area contributed by atoms with Crippen molar-refractivity contribution in [3.05, 3.63) is 48.2 Å². The van der Waals surface area contributed by atoms with Gasteiger partial charge in [0.1, 0.15) is 5.82 Å². The molecular weight excluding hydrogens is 356 g/mol. The highest BCUT2D eigenvalue weighted by Gasteiger charge is 2.17. The number of anilines is 1. The minimum Gasteiger partial charge on any atom is -0.354 e. The second kappa shape index (κ2) is 10.2. The molecule has 2 aliphatic rings. The van der Waals surface area contributed by atoms with Crippen LogP contribution in [0, 0.1) is 0 Å². The van der Waals surface area contributed by atoms with Crippen LogP contribution in [0.15, 0.2) is 42.6 Å². The number of pyridine rings is 1. The van der Waals surface area contributed by atoms with Gasteiger partial charge in [0.05, 0.1) is 0 Å². The number of nitrogens with zero attached hydrogens (tertiary/aromatic N) is 4. The predicted molar refractivity (Wildman–Crippen MR) is 122 cm³/mol. The third-order valence-corrected chi connectivity index (χ3v) is 6.41. The third-order valence-electron chi connectivity index (χ3n) is 6.41. The van der Waals surface area contributed by atoms with Crippen LogP contribution in [-0.2, 0) is 6.54 Å². The molecule has 0 spiro atoms. The second-order valence-electron chi connectivity index (χ2n) is 8.62. The molecule has 0 unspecified atom stereocenters. The summed E-state index contributed by atoms with van der Waals surface area (Å²) < 4.78 is 0. The molecule has 0 radical (unpaired) electrons. The van der Waals surface area contributed by atoms with Crippen molar-refractivity contribution in [2.45, 2.75) is 45.6 Å². The lowest BCUT2D eigenvalue weighted by Crippen LogP contribution is -2.46. The number of benzene rings is 1. The highest BCUT2D eigenvalue weighted by atomic mass is 15.3. The van der Waals surface area contributed by atoms with Gasteiger partial charge >= 0.3 is 0 Å². The smallest absolute Gasteiger partial charge is 0.128 e. The van der Waals surface area contributed by atoms with Gasteiger partial charge in [-0.05, 0) is 62.2 Å². The van der Waals surface area contributed by atoms with Crippen LogP contribution in [0.25, 0.3) is 11.1 Å². The van der Waals surface area contributed by atoms with Gasteiger partial charge in [-0.3, -0.25) is 9.80 Å². The van der Waals surface area contributed by atoms with Gasteiger partial charge in [-0.15, -0.1) is 0 Å². The molecule has 156 valence electrons. The first-order valence-corrected chi connectivity index (χ1v) is 11.6. The Morgan fingerprint density at radius 1 is 0.759 bits per heavy atom. The zero-order valence-electron chi connectivity index (χ0n) is 18.0. The quantitative estimate of drug-likeness (QED) is 0.684. The lowest BCUT2D eigenvalue weighted by Gasteiger charge is -2.35. The number of piperazine rings is 1. The van der Waals surface area contributed by atoms with E-state index >= 15 is 0 Å². The molecule has 0 amide bonds. The van der Waals surface area contributed by atoms with Crippen LogP contribution in [0.2, 0.25) is 0 Å². The minimum absolute atomic E-state index is 1.08. The summed E-state index contributed by atoms with van der Waals surface area (Å²) in [6, 6.07) is 13.5. The molecule has 0 aliphatic carbocycles. The largest absolute Gasteiger partial charge is 0.354 e. The van der Waals surface area contributed by atoms with E-state index in [1.807, 2.05) is 6.20 Å². The van der Waals surface area contributed by atoms with Gasteiger partial charge < -0.3 is 4.90 Å². The molecule has 4 rings (SSSR count). The third kappa shape index (κ3) is 5.58. The SMILES string of the molecule is CCCCN1CCN(c2ccc(-c3ccc(CN4CCCCC4)cc3)cn2)CC1. The monoisotopic (exact) mass is 392 g/mol. The molecule has 2 aliphatic heterocycles. The molecule has 2 aromatic rings. The van der Waals surface area contributed by atoms with Gasteiger partial charge in [-0.25, -0.2) is 4.98 Å². The Kier molecular flexibility index (Phi) is 7.18. The van der Waals surface area contributed by atoms with Crippen LogP contribution in [0.5, 0.6) is 0 Å². The van der Waals surface area contributed by atoms with Crippen molar-refractivity contribution in [1.82, 2.24) is 14.8 Å². The van der Waals surface area contributed by atoms with E-state index in [2.05, 4.69) is 58.0 Å². The zero-order valence-corrected chi connectivity index (χ0v) is 18.0. The van der Waals surface area contributed by atoms with Crippen LogP contribution in [0.4, 0.5) is 5.82 Å². The number of aromatic nitrogens is 1. The number of hydrogen-bond acceptors (Lipinski definition) is 4. The van der Waals surface area contributed by atoms with Crippen molar-refractivity contribution < 1.29 is 0 Å². The molecule has 4 heteroatoms. The highest BCUT2D eigenvalue weighted by molar-refractivity contribution is 5.64. The maximum atomic E-state index is 4.78. The molecular formula is C25H36N4. The van der Waals surface area contributed by atoms with E-state index < -0.39 is 0 Å². The normalized spacial score (nSPS) is 18.9. The fourth-order valence-corrected chi connectivity index (χ4v) is 4.50. The molecule has 4 nitrogen and oxygen atoms in total. The van der Waals surface area contributed by atoms with E-state index in [0.717, 1.165) is 38.5 Å². The van der Waals surface area contributed by atoms with Gasteiger partial charge in [-0.1, -0.05) is 44.0 Å². The molecule has 3 heterocycles. The number of unbranched alkanes of at least 4 members (excludes halogenated alkanes) is 1. The van der Waals surface area contributed by atoms with Crippen molar-refractivity contribution in [1.29, 1.82) is 0 Å². The van der Waals surface area contributed by atoms with Gasteiger partial charge in [0.25, 0.3) is 0 Å². The summed E-state index contributed by atoms with van der Waals surface area (Å²) in [6.07, 6.45) is 8.73. The van der Waals surface area contributed by atoms with Crippen LogP contribution >= 0.6 is 0 Å². The molecule has 0 bridgehead atoms. The number of hydrogen-bond donors (Lipinski definition) is 0. The van der Waals surface area contributed by atoms with E-state index in [1.165, 1.54) is 68.4 Å². The van der Waals surface area contributed by atoms with Crippen molar-refractivity contribution in [2.24, 2.45) is 0 Å². The predicted octanol–water partition coefficient (Wildman–Crippen LogP) is 4.66. The van der Waals surface area contributed by atoms with Gasteiger partial charge in [0.15, 0.2) is 0 Å². The fourth-order valence-electron chi connectivity index (χ4n) is 4.50. The van der Waals surface area contributed by atoms with E-state index in [4.69, 9.17) is 4.98 Å². The minimum atomic E-state index is 1.08. The first-order chi connectivity index (χ1) is 14.3. The Balaban J connectivity index is 1.32. The summed E-state index contributed by atoms with van der Waals surface area (Å²) >= 11 is 0. The van der Waals surface area contributed by atoms with E-state index in [9.17, 15) is 0 Å². The fraction of sp³-hybridized carbons (Fsp3) is 0.560. The number of likely N-dealkylation sites (tertiary alicyclic amines) is 1. The Morgan fingerprint density at radius 3 is 2.14 bits per heavy atom. The Morgan fingerprint density at radius 2 is 1.48 bits per heavy atom. The summed E-state index contributed by atoms with van der Waals surface area (Å²) in [4.78, 5) is 12.4. The molecule has 2 fully saturated rings. The van der Waals surface area contributed by atoms with Crippen molar-refractivity contribution in [3.63, 3.8) is 0 Å². The summed E-state index contributed by atoms with van der Waals surface area (Å²) in [6.45, 7) is 11.6. The molecule has 1 aromatic carbocycles. The molecule has 0 N–H and O–H groups in total. The van der Waals surface area contributed by atoms with Crippen molar-refractivity contribution in [3.8, 4) is 11.1 Å². The van der Waals surface area contributed by atoms with Gasteiger partial charge in [-0.2, -0.15) is 0 Å². The molecule has 2 saturated heterocycles. The maximum absolute atomic E-state index is 4.78. The lowest BCUT2D eigenvalue weighted by atomic mass is 10.0. The topological polar surface area (TPSA) is 22.6 Å². The average Bonchev–Trinajstić information content (AvgIpc) is 2.79. The van der Waals surface area contributed by atoms with Gasteiger partial charge in [0.2, 0.25) is 0 Å². The van der Waals surface area contributed by atoms with Gasteiger partial charge in [0, 0.05) is 44.5 Å². The molecule has 0 saturated carbocycles. The van der Waals surface area contributed by atoms with Crippen LogP contribution in [0.3, 0.4) is 0 Å². The van der Waals surface area contributed by atoms with Crippen LogP contribution < -0.4 is 4.90 Å². The molecule has 0 atom stereocenters. The van der Waals surface area contributed by atoms with Crippen LogP contribution in [-0.4, -0.2) is 60.6 Å². The molecule has 29 heavy (non-hydrogen) atoms. The first-order valence-electron chi connectivity index (χ1n) is 11.6. The van der Waals surface area contributed by atoms with E-state index in [1.54, 1.807) is 0 Å².